The van der Waals surface area contributed by atoms with Crippen molar-refractivity contribution in [2.75, 3.05) is 38.1 Å². The highest BCUT2D eigenvalue weighted by Crippen LogP contribution is 2.20. The third-order valence-electron chi connectivity index (χ3n) is 4.31. The van der Waals surface area contributed by atoms with Crippen LogP contribution in [-0.4, -0.2) is 67.6 Å². The van der Waals surface area contributed by atoms with Crippen molar-refractivity contribution in [1.82, 2.24) is 29.2 Å². The van der Waals surface area contributed by atoms with Crippen molar-refractivity contribution in [2.24, 2.45) is 0 Å². The topological polar surface area (TPSA) is 82.7 Å². The minimum Gasteiger partial charge on any atom is -0.390 e. The predicted octanol–water partition coefficient (Wildman–Crippen LogP) is 0.430. The van der Waals surface area contributed by atoms with Crippen molar-refractivity contribution in [2.45, 2.75) is 6.61 Å². The van der Waals surface area contributed by atoms with Crippen molar-refractivity contribution < 1.29 is 5.11 Å². The summed E-state index contributed by atoms with van der Waals surface area (Å²) >= 11 is 0. The monoisotopic (exact) mass is 325 g/mol. The van der Waals surface area contributed by atoms with Crippen LogP contribution in [0.5, 0.6) is 0 Å². The number of aliphatic hydroxyl groups excluding tert-OH is 1. The maximum absolute atomic E-state index is 9.29. The molecule has 4 rings (SSSR count). The second-order valence-electron chi connectivity index (χ2n) is 5.94. The van der Waals surface area contributed by atoms with E-state index in [9.17, 15) is 5.11 Å². The van der Waals surface area contributed by atoms with Gasteiger partial charge in [0, 0.05) is 38.6 Å². The Hall–Kier alpha value is -2.58. The molecule has 1 N–H and O–H groups in total. The fourth-order valence-electron chi connectivity index (χ4n) is 2.86. The van der Waals surface area contributed by atoms with E-state index in [-0.39, 0.29) is 6.61 Å². The average molecular weight is 325 g/mol. The number of anilines is 1. The summed E-state index contributed by atoms with van der Waals surface area (Å²) in [4.78, 5) is 22.2. The van der Waals surface area contributed by atoms with Crippen LogP contribution in [0.25, 0.3) is 17.2 Å². The van der Waals surface area contributed by atoms with Crippen LogP contribution in [-0.2, 0) is 6.61 Å². The second-order valence-corrected chi connectivity index (χ2v) is 5.94. The molecule has 3 aromatic rings. The molecule has 1 fully saturated rings. The Morgan fingerprint density at radius 3 is 2.71 bits per heavy atom. The molecule has 0 radical (unpaired) electrons. The number of imidazole rings is 1. The summed E-state index contributed by atoms with van der Waals surface area (Å²) in [6.07, 6.45) is 6.92. The minimum absolute atomic E-state index is 0.115. The third kappa shape index (κ3) is 2.70. The van der Waals surface area contributed by atoms with Gasteiger partial charge >= 0.3 is 0 Å². The van der Waals surface area contributed by atoms with E-state index >= 15 is 0 Å². The summed E-state index contributed by atoms with van der Waals surface area (Å²) in [7, 11) is 2.13. The SMILES string of the molecule is CN1CCN(c2ccnc(-c3cnc4cnc(CO)cn34)n2)CC1. The Labute approximate surface area is 139 Å². The Kier molecular flexibility index (Phi) is 3.83. The van der Waals surface area contributed by atoms with Gasteiger partial charge in [0.15, 0.2) is 11.5 Å². The smallest absolute Gasteiger partial charge is 0.180 e. The number of aromatic nitrogens is 5. The van der Waals surface area contributed by atoms with E-state index in [1.165, 1.54) is 0 Å². The van der Waals surface area contributed by atoms with Crippen molar-refractivity contribution in [3.8, 4) is 11.5 Å². The van der Waals surface area contributed by atoms with Crippen LogP contribution < -0.4 is 4.90 Å². The van der Waals surface area contributed by atoms with E-state index in [4.69, 9.17) is 4.98 Å². The fraction of sp³-hybridized carbons (Fsp3) is 0.375. The summed E-state index contributed by atoms with van der Waals surface area (Å²) in [6, 6.07) is 1.94. The third-order valence-corrected chi connectivity index (χ3v) is 4.31. The fourth-order valence-corrected chi connectivity index (χ4v) is 2.86. The minimum atomic E-state index is -0.115. The van der Waals surface area contributed by atoms with Gasteiger partial charge in [0.1, 0.15) is 11.5 Å². The number of nitrogens with zero attached hydrogens (tertiary/aromatic N) is 7. The van der Waals surface area contributed by atoms with Crippen LogP contribution in [0, 0.1) is 0 Å². The molecule has 0 aliphatic carbocycles. The Morgan fingerprint density at radius 1 is 1.08 bits per heavy atom. The van der Waals surface area contributed by atoms with Gasteiger partial charge in [-0.2, -0.15) is 0 Å². The molecule has 8 nitrogen and oxygen atoms in total. The van der Waals surface area contributed by atoms with Gasteiger partial charge in [0.2, 0.25) is 0 Å². The molecule has 0 unspecified atom stereocenters. The second kappa shape index (κ2) is 6.14. The maximum atomic E-state index is 9.29. The Bertz CT molecular complexity index is 855. The number of hydrogen-bond acceptors (Lipinski definition) is 7. The lowest BCUT2D eigenvalue weighted by Crippen LogP contribution is -2.44. The molecule has 0 atom stereocenters. The molecular formula is C16H19N7O. The molecule has 1 saturated heterocycles. The number of hydrogen-bond donors (Lipinski definition) is 1. The normalized spacial score (nSPS) is 16.0. The van der Waals surface area contributed by atoms with Gasteiger partial charge in [0.05, 0.1) is 24.7 Å². The summed E-state index contributed by atoms with van der Waals surface area (Å²) in [5.74, 6) is 1.55. The van der Waals surface area contributed by atoms with Gasteiger partial charge in [-0.15, -0.1) is 0 Å². The molecule has 1 aliphatic rings. The van der Waals surface area contributed by atoms with E-state index in [2.05, 4.69) is 31.8 Å². The quantitative estimate of drug-likeness (QED) is 0.748. The van der Waals surface area contributed by atoms with Crippen molar-refractivity contribution >= 4 is 11.5 Å². The number of rotatable bonds is 3. The summed E-state index contributed by atoms with van der Waals surface area (Å²) in [5, 5.41) is 9.29. The zero-order valence-electron chi connectivity index (χ0n) is 13.5. The zero-order valence-corrected chi connectivity index (χ0v) is 13.5. The standard InChI is InChI=1S/C16H19N7O/c1-21-4-6-22(7-5-21)14-2-3-17-16(20-14)13-8-19-15-9-18-12(11-24)10-23(13)15/h2-3,8-10,24H,4-7,11H2,1H3. The van der Waals surface area contributed by atoms with Crippen LogP contribution in [0.3, 0.4) is 0 Å². The first-order chi connectivity index (χ1) is 11.7. The van der Waals surface area contributed by atoms with Gasteiger partial charge in [0.25, 0.3) is 0 Å². The number of piperazine rings is 1. The lowest BCUT2D eigenvalue weighted by Gasteiger charge is -2.33. The molecule has 0 saturated carbocycles. The molecule has 0 spiro atoms. The number of aliphatic hydroxyl groups is 1. The maximum Gasteiger partial charge on any atom is 0.180 e. The van der Waals surface area contributed by atoms with Crippen molar-refractivity contribution in [3.05, 3.63) is 36.5 Å². The number of fused-ring (bicyclic) bond motifs is 1. The predicted molar refractivity (Wildman–Crippen MR) is 89.6 cm³/mol. The molecule has 8 heteroatoms. The molecule has 0 aromatic carbocycles. The average Bonchev–Trinajstić information content (AvgIpc) is 3.05. The zero-order chi connectivity index (χ0) is 16.5. The van der Waals surface area contributed by atoms with Crippen molar-refractivity contribution in [1.29, 1.82) is 0 Å². The first kappa shape index (κ1) is 15.0. The van der Waals surface area contributed by atoms with Crippen LogP contribution in [0.15, 0.2) is 30.9 Å². The molecule has 0 amide bonds. The van der Waals surface area contributed by atoms with Crippen LogP contribution in [0.1, 0.15) is 5.69 Å². The van der Waals surface area contributed by atoms with E-state index in [0.717, 1.165) is 37.7 Å². The van der Waals surface area contributed by atoms with Gasteiger partial charge < -0.3 is 14.9 Å². The van der Waals surface area contributed by atoms with Gasteiger partial charge in [-0.3, -0.25) is 9.38 Å². The van der Waals surface area contributed by atoms with E-state index < -0.39 is 0 Å². The van der Waals surface area contributed by atoms with E-state index in [1.807, 2.05) is 10.5 Å². The highest BCUT2D eigenvalue weighted by molar-refractivity contribution is 5.58. The van der Waals surface area contributed by atoms with Crippen LogP contribution in [0.2, 0.25) is 0 Å². The van der Waals surface area contributed by atoms with Crippen LogP contribution in [0.4, 0.5) is 5.82 Å². The highest BCUT2D eigenvalue weighted by Gasteiger charge is 2.17. The lowest BCUT2D eigenvalue weighted by molar-refractivity contribution is 0.276. The molecule has 24 heavy (non-hydrogen) atoms. The van der Waals surface area contributed by atoms with E-state index in [0.29, 0.717) is 17.2 Å². The summed E-state index contributed by atoms with van der Waals surface area (Å²) < 4.78 is 1.86. The lowest BCUT2D eigenvalue weighted by atomic mass is 10.3. The molecule has 4 heterocycles. The molecule has 1 aliphatic heterocycles. The van der Waals surface area contributed by atoms with Crippen molar-refractivity contribution in [3.63, 3.8) is 0 Å². The first-order valence-electron chi connectivity index (χ1n) is 7.94. The Balaban J connectivity index is 1.71. The molecule has 124 valence electrons. The molecular weight excluding hydrogens is 306 g/mol. The summed E-state index contributed by atoms with van der Waals surface area (Å²) in [6.45, 7) is 3.86. The largest absolute Gasteiger partial charge is 0.390 e. The molecule has 0 bridgehead atoms. The van der Waals surface area contributed by atoms with Crippen LogP contribution >= 0.6 is 0 Å². The van der Waals surface area contributed by atoms with E-state index in [1.54, 1.807) is 24.8 Å². The Morgan fingerprint density at radius 2 is 1.92 bits per heavy atom. The highest BCUT2D eigenvalue weighted by atomic mass is 16.3. The van der Waals surface area contributed by atoms with Gasteiger partial charge in [-0.05, 0) is 13.1 Å². The summed E-state index contributed by atoms with van der Waals surface area (Å²) in [5.41, 5.74) is 2.07. The number of likely N-dealkylation sites (N-methyl/N-ethyl adjacent to an activating group) is 1. The van der Waals surface area contributed by atoms with Gasteiger partial charge in [-0.25, -0.2) is 15.0 Å². The molecule has 3 aromatic heterocycles. The first-order valence-corrected chi connectivity index (χ1v) is 7.94. The van der Waals surface area contributed by atoms with Gasteiger partial charge in [-0.1, -0.05) is 0 Å².